The van der Waals surface area contributed by atoms with Gasteiger partial charge in [0.1, 0.15) is 12.1 Å². The van der Waals surface area contributed by atoms with Gasteiger partial charge in [0.15, 0.2) is 11.5 Å². The van der Waals surface area contributed by atoms with Gasteiger partial charge in [0.05, 0.1) is 48.2 Å². The highest BCUT2D eigenvalue weighted by molar-refractivity contribution is 6.39. The fourth-order valence-electron chi connectivity index (χ4n) is 3.60. The lowest BCUT2D eigenvalue weighted by Gasteiger charge is -2.26. The van der Waals surface area contributed by atoms with Crippen molar-refractivity contribution in [3.63, 3.8) is 0 Å². The average Bonchev–Trinajstić information content (AvgIpc) is 2.84. The van der Waals surface area contributed by atoms with E-state index < -0.39 is 6.03 Å². The molecule has 2 heterocycles. The van der Waals surface area contributed by atoms with Gasteiger partial charge in [0.25, 0.3) is 0 Å². The number of carbonyl (C=O) groups excluding carboxylic acids is 1. The molecule has 0 unspecified atom stereocenters. The SMILES string of the molecule is COc1cc2c(NC(=O)Nc3c(Cl)cccc3Cl)ncnc2cc1OCCCN1CCOCC1. The number of aromatic nitrogens is 2. The molecule has 0 atom stereocenters. The van der Waals surface area contributed by atoms with Gasteiger partial charge in [-0.3, -0.25) is 10.2 Å². The molecule has 9 nitrogen and oxygen atoms in total. The third-order valence-electron chi connectivity index (χ3n) is 5.33. The van der Waals surface area contributed by atoms with E-state index >= 15 is 0 Å². The van der Waals surface area contributed by atoms with Crippen LogP contribution in [0.4, 0.5) is 16.3 Å². The number of rotatable bonds is 8. The summed E-state index contributed by atoms with van der Waals surface area (Å²) in [4.78, 5) is 23.5. The molecule has 0 radical (unpaired) electrons. The number of para-hydroxylation sites is 1. The molecule has 1 saturated heterocycles. The largest absolute Gasteiger partial charge is 0.493 e. The van der Waals surface area contributed by atoms with Crippen molar-refractivity contribution in [3.8, 4) is 11.5 Å². The molecule has 3 aromatic rings. The second-order valence-corrected chi connectivity index (χ2v) is 8.39. The number of nitrogens with zero attached hydrogens (tertiary/aromatic N) is 3. The highest BCUT2D eigenvalue weighted by Gasteiger charge is 2.15. The minimum Gasteiger partial charge on any atom is -0.493 e. The lowest BCUT2D eigenvalue weighted by molar-refractivity contribution is 0.0357. The Morgan fingerprint density at radius 3 is 2.62 bits per heavy atom. The molecule has 0 spiro atoms. The van der Waals surface area contributed by atoms with E-state index in [0.717, 1.165) is 39.3 Å². The number of methoxy groups -OCH3 is 1. The molecule has 4 rings (SSSR count). The molecule has 1 aliphatic rings. The van der Waals surface area contributed by atoms with Gasteiger partial charge in [-0.25, -0.2) is 14.8 Å². The van der Waals surface area contributed by atoms with Crippen molar-refractivity contribution in [3.05, 3.63) is 46.7 Å². The molecule has 34 heavy (non-hydrogen) atoms. The van der Waals surface area contributed by atoms with E-state index in [2.05, 4.69) is 25.5 Å². The van der Waals surface area contributed by atoms with Crippen LogP contribution in [0.25, 0.3) is 10.9 Å². The normalized spacial score (nSPS) is 14.1. The predicted molar refractivity (Wildman–Crippen MR) is 133 cm³/mol. The van der Waals surface area contributed by atoms with Crippen LogP contribution < -0.4 is 20.1 Å². The molecule has 2 amide bonds. The summed E-state index contributed by atoms with van der Waals surface area (Å²) in [7, 11) is 1.56. The maximum Gasteiger partial charge on any atom is 0.324 e. The minimum atomic E-state index is -0.544. The van der Waals surface area contributed by atoms with Crippen LogP contribution in [0.15, 0.2) is 36.7 Å². The van der Waals surface area contributed by atoms with Gasteiger partial charge in [-0.1, -0.05) is 29.3 Å². The van der Waals surface area contributed by atoms with Crippen molar-refractivity contribution in [1.29, 1.82) is 0 Å². The average molecular weight is 506 g/mol. The first-order chi connectivity index (χ1) is 16.5. The molecule has 0 saturated carbocycles. The maximum absolute atomic E-state index is 12.6. The monoisotopic (exact) mass is 505 g/mol. The van der Waals surface area contributed by atoms with E-state index in [4.69, 9.17) is 37.4 Å². The zero-order chi connectivity index (χ0) is 23.9. The summed E-state index contributed by atoms with van der Waals surface area (Å²) in [6, 6.07) is 7.94. The fourth-order valence-corrected chi connectivity index (χ4v) is 4.09. The number of anilines is 2. The highest BCUT2D eigenvalue weighted by Crippen LogP contribution is 2.34. The van der Waals surface area contributed by atoms with Gasteiger partial charge in [-0.05, 0) is 24.6 Å². The van der Waals surface area contributed by atoms with E-state index in [9.17, 15) is 4.79 Å². The lowest BCUT2D eigenvalue weighted by Crippen LogP contribution is -2.37. The van der Waals surface area contributed by atoms with E-state index in [-0.39, 0.29) is 0 Å². The molecule has 11 heteroatoms. The lowest BCUT2D eigenvalue weighted by atomic mass is 10.2. The number of amides is 2. The second kappa shape index (κ2) is 11.5. The topological polar surface area (TPSA) is 97.8 Å². The Bertz CT molecular complexity index is 1140. The summed E-state index contributed by atoms with van der Waals surface area (Å²) in [5.74, 6) is 1.41. The molecule has 1 aromatic heterocycles. The number of carbonyl (C=O) groups is 1. The molecule has 2 N–H and O–H groups in total. The van der Waals surface area contributed by atoms with Crippen LogP contribution in [0.1, 0.15) is 6.42 Å². The van der Waals surface area contributed by atoms with Crippen molar-refractivity contribution in [2.45, 2.75) is 6.42 Å². The Hall–Kier alpha value is -2.85. The first-order valence-electron chi connectivity index (χ1n) is 10.8. The van der Waals surface area contributed by atoms with Crippen molar-refractivity contribution >= 4 is 51.6 Å². The summed E-state index contributed by atoms with van der Waals surface area (Å²) < 4.78 is 16.9. The van der Waals surface area contributed by atoms with Crippen LogP contribution in [0, 0.1) is 0 Å². The van der Waals surface area contributed by atoms with Crippen LogP contribution in [-0.4, -0.2) is 67.5 Å². The van der Waals surface area contributed by atoms with Gasteiger partial charge in [0.2, 0.25) is 0 Å². The summed E-state index contributed by atoms with van der Waals surface area (Å²) in [5.41, 5.74) is 0.914. The molecule has 1 aliphatic heterocycles. The maximum atomic E-state index is 12.6. The summed E-state index contributed by atoms with van der Waals surface area (Å²) in [5, 5.41) is 6.62. The number of morpholine rings is 1. The Balaban J connectivity index is 1.45. The number of ether oxygens (including phenoxy) is 3. The Labute approximate surface area is 207 Å². The third kappa shape index (κ3) is 5.98. The molecular formula is C23H25Cl2N5O4. The first kappa shape index (κ1) is 24.3. The first-order valence-corrected chi connectivity index (χ1v) is 11.6. The predicted octanol–water partition coefficient (Wildman–Crippen LogP) is 4.69. The fraction of sp³-hybridized carbons (Fsp3) is 0.348. The summed E-state index contributed by atoms with van der Waals surface area (Å²) in [6.45, 7) is 4.93. The Morgan fingerprint density at radius 2 is 1.88 bits per heavy atom. The van der Waals surface area contributed by atoms with E-state index in [1.54, 1.807) is 37.4 Å². The molecule has 180 valence electrons. The number of hydrogen-bond acceptors (Lipinski definition) is 7. The zero-order valence-corrected chi connectivity index (χ0v) is 20.2. The number of benzene rings is 2. The standard InChI is InChI=1S/C23H25Cl2N5O4/c1-32-19-12-15-18(13-20(19)34-9-3-6-30-7-10-33-11-8-30)26-14-27-22(15)29-23(31)28-21-16(24)4-2-5-17(21)25/h2,4-5,12-14H,3,6-11H2,1H3,(H2,26,27,28,29,31). The molecular weight excluding hydrogens is 481 g/mol. The number of nitrogens with one attached hydrogen (secondary N) is 2. The van der Waals surface area contributed by atoms with Gasteiger partial charge >= 0.3 is 6.03 Å². The van der Waals surface area contributed by atoms with Gasteiger partial charge in [0, 0.05) is 31.1 Å². The van der Waals surface area contributed by atoms with E-state index in [0.29, 0.717) is 50.6 Å². The van der Waals surface area contributed by atoms with E-state index in [1.807, 2.05) is 0 Å². The number of urea groups is 1. The molecule has 0 bridgehead atoms. The second-order valence-electron chi connectivity index (χ2n) is 7.57. The van der Waals surface area contributed by atoms with Crippen molar-refractivity contribution < 1.29 is 19.0 Å². The summed E-state index contributed by atoms with van der Waals surface area (Å²) >= 11 is 12.3. The van der Waals surface area contributed by atoms with Gasteiger partial charge < -0.3 is 19.5 Å². The van der Waals surface area contributed by atoms with Crippen LogP contribution in [-0.2, 0) is 4.74 Å². The van der Waals surface area contributed by atoms with Crippen LogP contribution in [0.5, 0.6) is 11.5 Å². The van der Waals surface area contributed by atoms with Crippen LogP contribution >= 0.6 is 23.2 Å². The quantitative estimate of drug-likeness (QED) is 0.428. The van der Waals surface area contributed by atoms with E-state index in [1.165, 1.54) is 6.33 Å². The number of hydrogen-bond donors (Lipinski definition) is 2. The highest BCUT2D eigenvalue weighted by atomic mass is 35.5. The van der Waals surface area contributed by atoms with Crippen molar-refractivity contribution in [1.82, 2.24) is 14.9 Å². The van der Waals surface area contributed by atoms with Gasteiger partial charge in [-0.15, -0.1) is 0 Å². The molecule has 0 aliphatic carbocycles. The Kier molecular flexibility index (Phi) is 8.23. The minimum absolute atomic E-state index is 0.308. The molecule has 1 fully saturated rings. The van der Waals surface area contributed by atoms with Crippen LogP contribution in [0.2, 0.25) is 10.0 Å². The number of halogens is 2. The molecule has 2 aromatic carbocycles. The zero-order valence-electron chi connectivity index (χ0n) is 18.6. The smallest absolute Gasteiger partial charge is 0.324 e. The van der Waals surface area contributed by atoms with Crippen molar-refractivity contribution in [2.24, 2.45) is 0 Å². The van der Waals surface area contributed by atoms with Crippen LogP contribution in [0.3, 0.4) is 0 Å². The Morgan fingerprint density at radius 1 is 1.12 bits per heavy atom. The van der Waals surface area contributed by atoms with Crippen molar-refractivity contribution in [2.75, 3.05) is 57.2 Å². The van der Waals surface area contributed by atoms with Gasteiger partial charge in [-0.2, -0.15) is 0 Å². The number of fused-ring (bicyclic) bond motifs is 1. The summed E-state index contributed by atoms with van der Waals surface area (Å²) in [6.07, 6.45) is 2.25. The third-order valence-corrected chi connectivity index (χ3v) is 5.96.